The predicted molar refractivity (Wildman–Crippen MR) is 102 cm³/mol. The van der Waals surface area contributed by atoms with Gasteiger partial charge in [-0.3, -0.25) is 4.98 Å². The third kappa shape index (κ3) is 3.77. The number of aromatic amines is 1. The molecule has 3 aromatic heterocycles. The number of aryl methyl sites for hydroxylation is 2. The molecule has 0 bridgehead atoms. The second kappa shape index (κ2) is 7.31. The average Bonchev–Trinajstić information content (AvgIpc) is 3.07. The number of nitrogens with zero attached hydrogens (tertiary/aromatic N) is 2. The highest BCUT2D eigenvalue weighted by atomic mass is 14.8. The summed E-state index contributed by atoms with van der Waals surface area (Å²) in [6.07, 6.45) is 10.00. The third-order valence-electron chi connectivity index (χ3n) is 4.56. The molecule has 0 amide bonds. The summed E-state index contributed by atoms with van der Waals surface area (Å²) >= 11 is 0. The van der Waals surface area contributed by atoms with Gasteiger partial charge in [-0.25, -0.2) is 4.98 Å². The van der Waals surface area contributed by atoms with Crippen LogP contribution in [-0.2, 0) is 19.3 Å². The SMILES string of the molecule is c1ccc(CCCc2ccc(Cc3c[nH]c4ncccc34)cn2)cc1. The van der Waals surface area contributed by atoms with Crippen molar-refractivity contribution in [2.24, 2.45) is 0 Å². The summed E-state index contributed by atoms with van der Waals surface area (Å²) in [5.74, 6) is 0. The van der Waals surface area contributed by atoms with Crippen LogP contribution in [0, 0.1) is 0 Å². The van der Waals surface area contributed by atoms with E-state index in [0.717, 1.165) is 31.3 Å². The van der Waals surface area contributed by atoms with Crippen molar-refractivity contribution in [2.75, 3.05) is 0 Å². The number of pyridine rings is 2. The number of hydrogen-bond acceptors (Lipinski definition) is 2. The molecular weight excluding hydrogens is 306 g/mol. The molecule has 25 heavy (non-hydrogen) atoms. The molecule has 1 aromatic carbocycles. The fourth-order valence-electron chi connectivity index (χ4n) is 3.20. The minimum Gasteiger partial charge on any atom is -0.346 e. The lowest BCUT2D eigenvalue weighted by molar-refractivity contribution is 0.798. The number of nitrogens with one attached hydrogen (secondary N) is 1. The van der Waals surface area contributed by atoms with Crippen molar-refractivity contribution in [2.45, 2.75) is 25.7 Å². The minimum atomic E-state index is 0.878. The predicted octanol–water partition coefficient (Wildman–Crippen LogP) is 4.72. The molecule has 0 saturated heterocycles. The molecule has 0 spiro atoms. The van der Waals surface area contributed by atoms with Crippen molar-refractivity contribution >= 4 is 11.0 Å². The van der Waals surface area contributed by atoms with E-state index in [-0.39, 0.29) is 0 Å². The van der Waals surface area contributed by atoms with Gasteiger partial charge in [-0.15, -0.1) is 0 Å². The molecule has 1 N–H and O–H groups in total. The Morgan fingerprint density at radius 3 is 2.56 bits per heavy atom. The highest BCUT2D eigenvalue weighted by molar-refractivity contribution is 5.79. The fourth-order valence-corrected chi connectivity index (χ4v) is 3.20. The first kappa shape index (κ1) is 15.6. The van der Waals surface area contributed by atoms with Gasteiger partial charge >= 0.3 is 0 Å². The van der Waals surface area contributed by atoms with Crippen molar-refractivity contribution in [3.63, 3.8) is 0 Å². The summed E-state index contributed by atoms with van der Waals surface area (Å²) in [7, 11) is 0. The molecular formula is C22H21N3. The largest absolute Gasteiger partial charge is 0.346 e. The van der Waals surface area contributed by atoms with Crippen LogP contribution in [0.1, 0.15) is 28.8 Å². The van der Waals surface area contributed by atoms with Crippen LogP contribution in [0.25, 0.3) is 11.0 Å². The van der Waals surface area contributed by atoms with Crippen LogP contribution in [0.5, 0.6) is 0 Å². The zero-order valence-corrected chi connectivity index (χ0v) is 14.2. The van der Waals surface area contributed by atoms with Crippen molar-refractivity contribution < 1.29 is 0 Å². The van der Waals surface area contributed by atoms with Crippen molar-refractivity contribution in [3.8, 4) is 0 Å². The van der Waals surface area contributed by atoms with Crippen LogP contribution in [-0.4, -0.2) is 15.0 Å². The number of fused-ring (bicyclic) bond motifs is 1. The summed E-state index contributed by atoms with van der Waals surface area (Å²) < 4.78 is 0. The standard InChI is InChI=1S/C22H21N3/c1-2-6-17(7-3-1)8-4-9-20-12-11-18(15-24-20)14-19-16-25-22-21(19)10-5-13-23-22/h1-3,5-7,10-13,15-16H,4,8-9,14H2,(H,23,25). The van der Waals surface area contributed by atoms with Gasteiger partial charge in [0.15, 0.2) is 0 Å². The first-order valence-corrected chi connectivity index (χ1v) is 8.77. The molecule has 4 aromatic rings. The quantitative estimate of drug-likeness (QED) is 0.556. The maximum absolute atomic E-state index is 4.64. The van der Waals surface area contributed by atoms with Gasteiger partial charge in [0.25, 0.3) is 0 Å². The lowest BCUT2D eigenvalue weighted by atomic mass is 10.0. The van der Waals surface area contributed by atoms with E-state index in [0.29, 0.717) is 0 Å². The Labute approximate surface area is 147 Å². The molecule has 124 valence electrons. The topological polar surface area (TPSA) is 41.6 Å². The van der Waals surface area contributed by atoms with Gasteiger partial charge < -0.3 is 4.98 Å². The van der Waals surface area contributed by atoms with Crippen LogP contribution < -0.4 is 0 Å². The summed E-state index contributed by atoms with van der Waals surface area (Å²) in [6.45, 7) is 0. The Hall–Kier alpha value is -2.94. The van der Waals surface area contributed by atoms with E-state index in [1.807, 2.05) is 24.7 Å². The molecule has 0 unspecified atom stereocenters. The van der Waals surface area contributed by atoms with E-state index in [1.54, 1.807) is 0 Å². The smallest absolute Gasteiger partial charge is 0.137 e. The van der Waals surface area contributed by atoms with Gasteiger partial charge in [-0.05, 0) is 54.2 Å². The zero-order valence-electron chi connectivity index (χ0n) is 14.2. The van der Waals surface area contributed by atoms with Gasteiger partial charge in [0.1, 0.15) is 5.65 Å². The van der Waals surface area contributed by atoms with E-state index in [4.69, 9.17) is 0 Å². The van der Waals surface area contributed by atoms with Crippen LogP contribution in [0.15, 0.2) is 73.2 Å². The van der Waals surface area contributed by atoms with Gasteiger partial charge in [-0.1, -0.05) is 36.4 Å². The lowest BCUT2D eigenvalue weighted by Crippen LogP contribution is -1.95. The van der Waals surface area contributed by atoms with E-state index < -0.39 is 0 Å². The van der Waals surface area contributed by atoms with Crippen LogP contribution in [0.3, 0.4) is 0 Å². The highest BCUT2D eigenvalue weighted by Gasteiger charge is 2.05. The minimum absolute atomic E-state index is 0.878. The molecule has 0 aliphatic heterocycles. The van der Waals surface area contributed by atoms with E-state index in [2.05, 4.69) is 63.5 Å². The number of hydrogen-bond donors (Lipinski definition) is 1. The van der Waals surface area contributed by atoms with Crippen molar-refractivity contribution in [1.29, 1.82) is 0 Å². The molecule has 3 heteroatoms. The Morgan fingerprint density at radius 1 is 0.800 bits per heavy atom. The second-order valence-electron chi connectivity index (χ2n) is 6.39. The van der Waals surface area contributed by atoms with Crippen molar-refractivity contribution in [1.82, 2.24) is 15.0 Å². The highest BCUT2D eigenvalue weighted by Crippen LogP contribution is 2.19. The van der Waals surface area contributed by atoms with Crippen LogP contribution in [0.2, 0.25) is 0 Å². The number of rotatable bonds is 6. The van der Waals surface area contributed by atoms with Crippen molar-refractivity contribution in [3.05, 3.63) is 95.6 Å². The molecule has 3 nitrogen and oxygen atoms in total. The summed E-state index contributed by atoms with van der Waals surface area (Å²) in [5, 5.41) is 1.19. The summed E-state index contributed by atoms with van der Waals surface area (Å²) in [4.78, 5) is 12.2. The Kier molecular flexibility index (Phi) is 4.55. The first-order chi connectivity index (χ1) is 12.4. The van der Waals surface area contributed by atoms with Gasteiger partial charge in [0.2, 0.25) is 0 Å². The molecule has 0 saturated carbocycles. The first-order valence-electron chi connectivity index (χ1n) is 8.77. The molecule has 0 aliphatic rings. The van der Waals surface area contributed by atoms with Crippen LogP contribution in [0.4, 0.5) is 0 Å². The average molecular weight is 327 g/mol. The number of benzene rings is 1. The van der Waals surface area contributed by atoms with Gasteiger partial charge in [0.05, 0.1) is 0 Å². The molecule has 0 aliphatic carbocycles. The molecule has 4 rings (SSSR count). The van der Waals surface area contributed by atoms with Gasteiger partial charge in [-0.2, -0.15) is 0 Å². The molecule has 3 heterocycles. The van der Waals surface area contributed by atoms with E-state index in [1.165, 1.54) is 27.8 Å². The number of aromatic nitrogens is 3. The Bertz CT molecular complexity index is 940. The normalized spacial score (nSPS) is 11.0. The lowest BCUT2D eigenvalue weighted by Gasteiger charge is -2.04. The third-order valence-corrected chi connectivity index (χ3v) is 4.56. The maximum atomic E-state index is 4.64. The zero-order chi connectivity index (χ0) is 16.9. The second-order valence-corrected chi connectivity index (χ2v) is 6.39. The molecule has 0 atom stereocenters. The summed E-state index contributed by atoms with van der Waals surface area (Å²) in [6, 6.07) is 19.1. The monoisotopic (exact) mass is 327 g/mol. The van der Waals surface area contributed by atoms with Gasteiger partial charge in [0, 0.05) is 36.1 Å². The molecule has 0 fully saturated rings. The van der Waals surface area contributed by atoms with Crippen LogP contribution >= 0.6 is 0 Å². The summed E-state index contributed by atoms with van der Waals surface area (Å²) in [5.41, 5.74) is 6.01. The Balaban J connectivity index is 1.37. The Morgan fingerprint density at radius 2 is 1.72 bits per heavy atom. The molecule has 0 radical (unpaired) electrons. The van der Waals surface area contributed by atoms with E-state index in [9.17, 15) is 0 Å². The number of H-pyrrole nitrogens is 1. The fraction of sp³-hybridized carbons (Fsp3) is 0.182. The van der Waals surface area contributed by atoms with E-state index >= 15 is 0 Å². The maximum Gasteiger partial charge on any atom is 0.137 e.